The van der Waals surface area contributed by atoms with E-state index in [1.54, 1.807) is 0 Å². The molecule has 0 spiro atoms. The third kappa shape index (κ3) is 4.40. The first-order chi connectivity index (χ1) is 6.86. The number of hydrogen-bond acceptors (Lipinski definition) is 3. The van der Waals surface area contributed by atoms with Gasteiger partial charge in [0.25, 0.3) is 0 Å². The monoisotopic (exact) mass is 201 g/mol. The molecule has 2 atom stereocenters. The second kappa shape index (κ2) is 7.21. The van der Waals surface area contributed by atoms with Crippen molar-refractivity contribution in [2.45, 2.75) is 26.2 Å². The predicted octanol–water partition coefficient (Wildman–Crippen LogP) is 1.02. The highest BCUT2D eigenvalue weighted by molar-refractivity contribution is 4.68. The van der Waals surface area contributed by atoms with E-state index in [4.69, 9.17) is 9.84 Å². The molecule has 1 aliphatic heterocycles. The topological polar surface area (TPSA) is 41.5 Å². The first kappa shape index (κ1) is 12.0. The molecule has 0 bridgehead atoms. The van der Waals surface area contributed by atoms with Gasteiger partial charge in [0.2, 0.25) is 0 Å². The van der Waals surface area contributed by atoms with Crippen molar-refractivity contribution in [2.75, 3.05) is 32.9 Å². The molecule has 1 rings (SSSR count). The molecule has 84 valence electrons. The minimum absolute atomic E-state index is 0.312. The van der Waals surface area contributed by atoms with Crippen LogP contribution in [0.3, 0.4) is 0 Å². The highest BCUT2D eigenvalue weighted by Gasteiger charge is 2.15. The second-order valence-electron chi connectivity index (χ2n) is 4.17. The third-order valence-electron chi connectivity index (χ3n) is 3.00. The molecule has 0 aromatic rings. The number of nitrogens with one attached hydrogen (secondary N) is 1. The van der Waals surface area contributed by atoms with E-state index in [9.17, 15) is 0 Å². The number of hydrogen-bond donors (Lipinski definition) is 2. The molecule has 1 saturated heterocycles. The fourth-order valence-electron chi connectivity index (χ4n) is 1.87. The zero-order valence-corrected chi connectivity index (χ0v) is 9.17. The summed E-state index contributed by atoms with van der Waals surface area (Å²) in [6.45, 7) is 6.45. The first-order valence-electron chi connectivity index (χ1n) is 5.76. The summed E-state index contributed by atoms with van der Waals surface area (Å²) in [5, 5.41) is 12.3. The fraction of sp³-hybridized carbons (Fsp3) is 1.00. The van der Waals surface area contributed by atoms with Gasteiger partial charge < -0.3 is 15.2 Å². The minimum Gasteiger partial charge on any atom is -0.396 e. The summed E-state index contributed by atoms with van der Waals surface area (Å²) in [7, 11) is 0. The van der Waals surface area contributed by atoms with E-state index in [0.717, 1.165) is 39.1 Å². The smallest absolute Gasteiger partial charge is 0.0507 e. The Balaban J connectivity index is 2.00. The maximum Gasteiger partial charge on any atom is 0.0507 e. The molecule has 0 radical (unpaired) electrons. The van der Waals surface area contributed by atoms with Crippen molar-refractivity contribution in [1.29, 1.82) is 0 Å². The quantitative estimate of drug-likeness (QED) is 0.646. The van der Waals surface area contributed by atoms with Crippen LogP contribution in [0, 0.1) is 11.8 Å². The molecule has 2 unspecified atom stereocenters. The van der Waals surface area contributed by atoms with Gasteiger partial charge in [-0.2, -0.15) is 0 Å². The van der Waals surface area contributed by atoms with E-state index in [2.05, 4.69) is 12.2 Å². The van der Waals surface area contributed by atoms with Gasteiger partial charge in [-0.05, 0) is 31.2 Å². The lowest BCUT2D eigenvalue weighted by atomic mass is 10.0. The van der Waals surface area contributed by atoms with Gasteiger partial charge in [0, 0.05) is 19.8 Å². The molecule has 2 N–H and O–H groups in total. The Morgan fingerprint density at radius 3 is 3.00 bits per heavy atom. The van der Waals surface area contributed by atoms with Crippen LogP contribution in [0.1, 0.15) is 26.2 Å². The van der Waals surface area contributed by atoms with Crippen LogP contribution in [-0.2, 0) is 4.74 Å². The Morgan fingerprint density at radius 2 is 2.43 bits per heavy atom. The minimum atomic E-state index is 0.312. The predicted molar refractivity (Wildman–Crippen MR) is 57.3 cm³/mol. The van der Waals surface area contributed by atoms with Crippen molar-refractivity contribution in [3.63, 3.8) is 0 Å². The van der Waals surface area contributed by atoms with E-state index in [-0.39, 0.29) is 0 Å². The first-order valence-corrected chi connectivity index (χ1v) is 5.76. The average molecular weight is 201 g/mol. The van der Waals surface area contributed by atoms with E-state index in [0.29, 0.717) is 18.4 Å². The van der Waals surface area contributed by atoms with Crippen LogP contribution < -0.4 is 5.32 Å². The van der Waals surface area contributed by atoms with E-state index >= 15 is 0 Å². The number of aliphatic hydroxyl groups is 1. The standard InChI is InChI=1S/C11H23NO2/c1-2-10(3-5-13)7-12-8-11-4-6-14-9-11/h10-13H,2-9H2,1H3. The van der Waals surface area contributed by atoms with Gasteiger partial charge in [0.1, 0.15) is 0 Å². The van der Waals surface area contributed by atoms with E-state index < -0.39 is 0 Å². The molecule has 0 aromatic heterocycles. The Morgan fingerprint density at radius 1 is 1.57 bits per heavy atom. The largest absolute Gasteiger partial charge is 0.396 e. The van der Waals surface area contributed by atoms with Gasteiger partial charge in [-0.1, -0.05) is 13.3 Å². The summed E-state index contributed by atoms with van der Waals surface area (Å²) in [5.41, 5.74) is 0. The second-order valence-corrected chi connectivity index (χ2v) is 4.17. The van der Waals surface area contributed by atoms with Gasteiger partial charge in [0.05, 0.1) is 6.61 Å². The molecule has 1 heterocycles. The van der Waals surface area contributed by atoms with Crippen LogP contribution >= 0.6 is 0 Å². The van der Waals surface area contributed by atoms with Gasteiger partial charge in [0.15, 0.2) is 0 Å². The summed E-state index contributed by atoms with van der Waals surface area (Å²) in [4.78, 5) is 0. The lowest BCUT2D eigenvalue weighted by Gasteiger charge is -2.16. The maximum absolute atomic E-state index is 8.83. The lowest BCUT2D eigenvalue weighted by molar-refractivity contribution is 0.184. The molecular weight excluding hydrogens is 178 g/mol. The lowest BCUT2D eigenvalue weighted by Crippen LogP contribution is -2.28. The summed E-state index contributed by atoms with van der Waals surface area (Å²) in [6, 6.07) is 0. The van der Waals surface area contributed by atoms with Crippen LogP contribution in [0.5, 0.6) is 0 Å². The van der Waals surface area contributed by atoms with Gasteiger partial charge in [-0.15, -0.1) is 0 Å². The van der Waals surface area contributed by atoms with Crippen molar-refractivity contribution < 1.29 is 9.84 Å². The molecule has 1 aliphatic rings. The Bertz CT molecular complexity index is 135. The molecule has 0 saturated carbocycles. The van der Waals surface area contributed by atoms with Crippen LogP contribution in [0.4, 0.5) is 0 Å². The van der Waals surface area contributed by atoms with Crippen LogP contribution in [0.25, 0.3) is 0 Å². The summed E-state index contributed by atoms with van der Waals surface area (Å²) in [5.74, 6) is 1.34. The SMILES string of the molecule is CCC(CCO)CNCC1CCOC1. The zero-order chi connectivity index (χ0) is 10.2. The summed E-state index contributed by atoms with van der Waals surface area (Å²) >= 11 is 0. The number of aliphatic hydroxyl groups excluding tert-OH is 1. The number of ether oxygens (including phenoxy) is 1. The van der Waals surface area contributed by atoms with Gasteiger partial charge in [-0.25, -0.2) is 0 Å². The average Bonchev–Trinajstić information content (AvgIpc) is 2.69. The summed E-state index contributed by atoms with van der Waals surface area (Å²) in [6.07, 6.45) is 3.27. The van der Waals surface area contributed by atoms with Crippen molar-refractivity contribution in [3.8, 4) is 0 Å². The molecule has 14 heavy (non-hydrogen) atoms. The molecule has 1 fully saturated rings. The maximum atomic E-state index is 8.83. The van der Waals surface area contributed by atoms with Crippen molar-refractivity contribution in [2.24, 2.45) is 11.8 Å². The fourth-order valence-corrected chi connectivity index (χ4v) is 1.87. The molecular formula is C11H23NO2. The van der Waals surface area contributed by atoms with E-state index in [1.807, 2.05) is 0 Å². The Labute approximate surface area is 86.8 Å². The number of rotatable bonds is 7. The Kier molecular flexibility index (Phi) is 6.15. The highest BCUT2D eigenvalue weighted by atomic mass is 16.5. The highest BCUT2D eigenvalue weighted by Crippen LogP contribution is 2.11. The third-order valence-corrected chi connectivity index (χ3v) is 3.00. The van der Waals surface area contributed by atoms with Crippen molar-refractivity contribution in [1.82, 2.24) is 5.32 Å². The Hall–Kier alpha value is -0.120. The molecule has 0 aromatic carbocycles. The van der Waals surface area contributed by atoms with Crippen molar-refractivity contribution in [3.05, 3.63) is 0 Å². The molecule has 3 nitrogen and oxygen atoms in total. The molecule has 3 heteroatoms. The van der Waals surface area contributed by atoms with Gasteiger partial charge in [-0.3, -0.25) is 0 Å². The van der Waals surface area contributed by atoms with E-state index in [1.165, 1.54) is 6.42 Å². The molecule has 0 aliphatic carbocycles. The van der Waals surface area contributed by atoms with Crippen LogP contribution in [0.15, 0.2) is 0 Å². The normalized spacial score (nSPS) is 24.0. The van der Waals surface area contributed by atoms with Crippen LogP contribution in [0.2, 0.25) is 0 Å². The molecule has 0 amide bonds. The van der Waals surface area contributed by atoms with Crippen molar-refractivity contribution >= 4 is 0 Å². The van der Waals surface area contributed by atoms with Crippen LogP contribution in [-0.4, -0.2) is 38.0 Å². The zero-order valence-electron chi connectivity index (χ0n) is 9.17. The summed E-state index contributed by atoms with van der Waals surface area (Å²) < 4.78 is 5.31. The van der Waals surface area contributed by atoms with Gasteiger partial charge >= 0.3 is 0 Å².